The Morgan fingerprint density at radius 1 is 1.00 bits per heavy atom. The first-order chi connectivity index (χ1) is 15.9. The first-order valence-electron chi connectivity index (χ1n) is 9.81. The first-order valence-corrected chi connectivity index (χ1v) is 10.2. The van der Waals surface area contributed by atoms with Crippen molar-refractivity contribution in [2.24, 2.45) is 0 Å². The molecule has 2 heterocycles. The Labute approximate surface area is 193 Å². The molecule has 8 nitrogen and oxygen atoms in total. The molecule has 0 aliphatic heterocycles. The summed E-state index contributed by atoms with van der Waals surface area (Å²) in [5, 5.41) is 17.6. The van der Waals surface area contributed by atoms with Gasteiger partial charge in [-0.3, -0.25) is 10.1 Å². The molecule has 0 spiro atoms. The summed E-state index contributed by atoms with van der Waals surface area (Å²) in [7, 11) is 0. The normalized spacial score (nSPS) is 10.6. The maximum Gasteiger partial charge on any atom is 0.410 e. The van der Waals surface area contributed by atoms with Crippen LogP contribution in [0.3, 0.4) is 0 Å². The molecule has 0 atom stereocenters. The molecule has 4 rings (SSSR count). The zero-order chi connectivity index (χ0) is 23.4. The predicted octanol–water partition coefficient (Wildman–Crippen LogP) is 4.31. The number of hydrogen-bond donors (Lipinski definition) is 4. The number of hydrogen-bond acceptors (Lipinski definition) is 4. The summed E-state index contributed by atoms with van der Waals surface area (Å²) in [6.07, 6.45) is 2.25. The number of pyridine rings is 1. The lowest BCUT2D eigenvalue weighted by molar-refractivity contribution is -0.119. The van der Waals surface area contributed by atoms with E-state index in [0.29, 0.717) is 16.6 Å². The number of nitrogens with one attached hydrogen (secondary N) is 3. The van der Waals surface area contributed by atoms with E-state index in [-0.39, 0.29) is 29.1 Å². The molecule has 33 heavy (non-hydrogen) atoms. The first kappa shape index (κ1) is 21.9. The summed E-state index contributed by atoms with van der Waals surface area (Å²) in [6.45, 7) is 0. The molecule has 0 saturated heterocycles. The van der Waals surface area contributed by atoms with Gasteiger partial charge in [0, 0.05) is 29.2 Å². The predicted molar refractivity (Wildman–Crippen MR) is 127 cm³/mol. The smallest absolute Gasteiger partial charge is 0.410 e. The lowest BCUT2D eigenvalue weighted by Gasteiger charge is -2.11. The average Bonchev–Trinajstić information content (AvgIpc) is 3.21. The average molecular weight is 463 g/mol. The SMILES string of the molecule is O=C(O)Nc1nccc2c1ccn2-c1ccc(NC(=S)NC(=O)Cc2ccc(F)cc2)cc1. The molecule has 0 unspecified atom stereocenters. The Kier molecular flexibility index (Phi) is 6.27. The van der Waals surface area contributed by atoms with Crippen LogP contribution >= 0.6 is 12.2 Å². The molecule has 2 aromatic carbocycles. The van der Waals surface area contributed by atoms with Gasteiger partial charge in [0.2, 0.25) is 5.91 Å². The Morgan fingerprint density at radius 2 is 1.73 bits per heavy atom. The molecule has 0 aliphatic carbocycles. The minimum Gasteiger partial charge on any atom is -0.465 e. The third kappa shape index (κ3) is 5.31. The Bertz CT molecular complexity index is 1340. The van der Waals surface area contributed by atoms with Gasteiger partial charge in [-0.25, -0.2) is 14.2 Å². The number of carboxylic acid groups (broad SMARTS) is 1. The van der Waals surface area contributed by atoms with E-state index in [0.717, 1.165) is 11.2 Å². The van der Waals surface area contributed by atoms with Crippen LogP contribution in [0.2, 0.25) is 0 Å². The van der Waals surface area contributed by atoms with Crippen LogP contribution < -0.4 is 16.0 Å². The number of carbonyl (C=O) groups is 2. The van der Waals surface area contributed by atoms with Gasteiger partial charge < -0.3 is 20.3 Å². The highest BCUT2D eigenvalue weighted by Gasteiger charge is 2.11. The van der Waals surface area contributed by atoms with E-state index >= 15 is 0 Å². The Hall–Kier alpha value is -4.31. The maximum atomic E-state index is 13.0. The van der Waals surface area contributed by atoms with Crippen molar-refractivity contribution in [2.75, 3.05) is 10.6 Å². The van der Waals surface area contributed by atoms with E-state index in [9.17, 15) is 14.0 Å². The lowest BCUT2D eigenvalue weighted by atomic mass is 10.1. The Morgan fingerprint density at radius 3 is 2.42 bits per heavy atom. The monoisotopic (exact) mass is 463 g/mol. The quantitative estimate of drug-likeness (QED) is 0.329. The maximum absolute atomic E-state index is 13.0. The van der Waals surface area contributed by atoms with Crippen LogP contribution in [0.25, 0.3) is 16.6 Å². The summed E-state index contributed by atoms with van der Waals surface area (Å²) in [5.74, 6) is -0.408. The molecule has 0 fully saturated rings. The van der Waals surface area contributed by atoms with E-state index in [4.69, 9.17) is 17.3 Å². The van der Waals surface area contributed by atoms with Gasteiger partial charge in [0.25, 0.3) is 0 Å². The topological polar surface area (TPSA) is 108 Å². The van der Waals surface area contributed by atoms with Gasteiger partial charge in [0.05, 0.1) is 11.9 Å². The van der Waals surface area contributed by atoms with Gasteiger partial charge in [-0.15, -0.1) is 0 Å². The minimum atomic E-state index is -1.18. The van der Waals surface area contributed by atoms with Crippen molar-refractivity contribution in [3.05, 3.63) is 84.4 Å². The van der Waals surface area contributed by atoms with Gasteiger partial charge in [-0.05, 0) is 66.3 Å². The lowest BCUT2D eigenvalue weighted by Crippen LogP contribution is -2.35. The van der Waals surface area contributed by atoms with Crippen LogP contribution in [-0.4, -0.2) is 31.8 Å². The number of amides is 2. The van der Waals surface area contributed by atoms with Crippen molar-refractivity contribution in [3.8, 4) is 5.69 Å². The van der Waals surface area contributed by atoms with Crippen LogP contribution in [0, 0.1) is 5.82 Å². The van der Waals surface area contributed by atoms with Crippen molar-refractivity contribution < 1.29 is 19.1 Å². The number of anilines is 2. The molecule has 0 bridgehead atoms. The highest BCUT2D eigenvalue weighted by atomic mass is 32.1. The molecule has 2 amide bonds. The van der Waals surface area contributed by atoms with Gasteiger partial charge in [-0.1, -0.05) is 12.1 Å². The Balaban J connectivity index is 1.41. The van der Waals surface area contributed by atoms with Crippen molar-refractivity contribution in [3.63, 3.8) is 0 Å². The summed E-state index contributed by atoms with van der Waals surface area (Å²) in [5.41, 5.74) is 2.99. The van der Waals surface area contributed by atoms with Crippen LogP contribution in [0.5, 0.6) is 0 Å². The van der Waals surface area contributed by atoms with Crippen molar-refractivity contribution in [2.45, 2.75) is 6.42 Å². The molecule has 0 radical (unpaired) electrons. The van der Waals surface area contributed by atoms with Crippen molar-refractivity contribution in [1.82, 2.24) is 14.9 Å². The minimum absolute atomic E-state index is 0.0787. The summed E-state index contributed by atoms with van der Waals surface area (Å²) in [4.78, 5) is 27.2. The zero-order valence-electron chi connectivity index (χ0n) is 17.1. The number of benzene rings is 2. The van der Waals surface area contributed by atoms with Crippen LogP contribution in [-0.2, 0) is 11.2 Å². The number of nitrogens with zero attached hydrogens (tertiary/aromatic N) is 2. The number of carbonyl (C=O) groups excluding carboxylic acids is 1. The molecule has 4 aromatic rings. The molecular weight excluding hydrogens is 445 g/mol. The number of fused-ring (bicyclic) bond motifs is 1. The number of thiocarbonyl (C=S) groups is 1. The second-order valence-corrected chi connectivity index (χ2v) is 7.47. The van der Waals surface area contributed by atoms with E-state index < -0.39 is 6.09 Å². The summed E-state index contributed by atoms with van der Waals surface area (Å²) in [6, 6.07) is 16.6. The third-order valence-electron chi connectivity index (χ3n) is 4.78. The second kappa shape index (κ2) is 9.45. The molecule has 166 valence electrons. The number of rotatable bonds is 5. The standard InChI is InChI=1S/C23H18FN5O3S/c24-15-3-1-14(2-4-15)13-20(30)27-22(33)26-16-5-7-17(8-6-16)29-12-10-18-19(29)9-11-25-21(18)28-23(31)32/h1-12H,13H2,(H,25,28)(H,31,32)(H2,26,27,30,33). The third-order valence-corrected chi connectivity index (χ3v) is 4.98. The molecule has 0 aliphatic rings. The molecule has 2 aromatic heterocycles. The van der Waals surface area contributed by atoms with Crippen molar-refractivity contribution >= 4 is 51.7 Å². The molecular formula is C23H18FN5O3S. The highest BCUT2D eigenvalue weighted by Crippen LogP contribution is 2.26. The molecule has 4 N–H and O–H groups in total. The molecule has 0 saturated carbocycles. The second-order valence-electron chi connectivity index (χ2n) is 7.06. The van der Waals surface area contributed by atoms with Gasteiger partial charge in [0.1, 0.15) is 11.6 Å². The number of halogens is 1. The van der Waals surface area contributed by atoms with Gasteiger partial charge in [-0.2, -0.15) is 0 Å². The highest BCUT2D eigenvalue weighted by molar-refractivity contribution is 7.80. The van der Waals surface area contributed by atoms with E-state index in [1.165, 1.54) is 18.3 Å². The zero-order valence-corrected chi connectivity index (χ0v) is 17.9. The van der Waals surface area contributed by atoms with E-state index in [1.807, 2.05) is 22.9 Å². The van der Waals surface area contributed by atoms with Crippen molar-refractivity contribution in [1.29, 1.82) is 0 Å². The van der Waals surface area contributed by atoms with Crippen LogP contribution in [0.4, 0.5) is 20.7 Å². The number of aromatic nitrogens is 2. The summed E-state index contributed by atoms with van der Waals surface area (Å²) >= 11 is 5.20. The van der Waals surface area contributed by atoms with Gasteiger partial charge in [0.15, 0.2) is 5.11 Å². The molecule has 10 heteroatoms. The summed E-state index contributed by atoms with van der Waals surface area (Å²) < 4.78 is 14.9. The van der Waals surface area contributed by atoms with Crippen LogP contribution in [0.15, 0.2) is 73.1 Å². The van der Waals surface area contributed by atoms with Crippen LogP contribution in [0.1, 0.15) is 5.56 Å². The largest absolute Gasteiger partial charge is 0.465 e. The van der Waals surface area contributed by atoms with E-state index in [2.05, 4.69) is 20.9 Å². The van der Waals surface area contributed by atoms with E-state index in [1.54, 1.807) is 36.4 Å². The fraction of sp³-hybridized carbons (Fsp3) is 0.0435. The fourth-order valence-electron chi connectivity index (χ4n) is 3.32. The fourth-order valence-corrected chi connectivity index (χ4v) is 3.55. The van der Waals surface area contributed by atoms with Gasteiger partial charge >= 0.3 is 6.09 Å².